The van der Waals surface area contributed by atoms with Crippen molar-refractivity contribution in [2.45, 2.75) is 19.5 Å². The molecule has 2 aromatic carbocycles. The SMILES string of the molecule is CCNC(Cn1cncn1)c1ccc2ccccc2c1. The van der Waals surface area contributed by atoms with Crippen LogP contribution in [0.4, 0.5) is 0 Å². The zero-order valence-electron chi connectivity index (χ0n) is 11.5. The van der Waals surface area contributed by atoms with Crippen molar-refractivity contribution >= 4 is 10.8 Å². The van der Waals surface area contributed by atoms with Crippen LogP contribution in [0.25, 0.3) is 10.8 Å². The maximum Gasteiger partial charge on any atom is 0.137 e. The molecule has 0 aliphatic carbocycles. The molecule has 3 aromatic rings. The molecular formula is C16H18N4. The molecule has 3 rings (SSSR count). The minimum absolute atomic E-state index is 0.242. The molecule has 0 bridgehead atoms. The average molecular weight is 266 g/mol. The van der Waals surface area contributed by atoms with E-state index < -0.39 is 0 Å². The van der Waals surface area contributed by atoms with Gasteiger partial charge in [-0.05, 0) is 28.9 Å². The Bertz CT molecular complexity index is 676. The Kier molecular flexibility index (Phi) is 3.74. The lowest BCUT2D eigenvalue weighted by Gasteiger charge is -2.18. The highest BCUT2D eigenvalue weighted by Gasteiger charge is 2.11. The minimum atomic E-state index is 0.242. The number of likely N-dealkylation sites (N-methyl/N-ethyl adjacent to an activating group) is 1. The minimum Gasteiger partial charge on any atom is -0.309 e. The van der Waals surface area contributed by atoms with Crippen LogP contribution in [0, 0.1) is 0 Å². The molecule has 0 aliphatic heterocycles. The Labute approximate surface area is 118 Å². The van der Waals surface area contributed by atoms with Crippen molar-refractivity contribution in [3.63, 3.8) is 0 Å². The van der Waals surface area contributed by atoms with E-state index in [1.807, 2.05) is 4.68 Å². The lowest BCUT2D eigenvalue weighted by Crippen LogP contribution is -2.25. The Morgan fingerprint density at radius 1 is 1.15 bits per heavy atom. The second kappa shape index (κ2) is 5.84. The molecule has 0 fully saturated rings. The predicted octanol–water partition coefficient (Wildman–Crippen LogP) is 2.78. The molecule has 1 aromatic heterocycles. The van der Waals surface area contributed by atoms with Gasteiger partial charge in [-0.25, -0.2) is 4.98 Å². The monoisotopic (exact) mass is 266 g/mol. The number of hydrogen-bond donors (Lipinski definition) is 1. The summed E-state index contributed by atoms with van der Waals surface area (Å²) >= 11 is 0. The zero-order chi connectivity index (χ0) is 13.8. The van der Waals surface area contributed by atoms with Gasteiger partial charge in [-0.1, -0.05) is 43.3 Å². The van der Waals surface area contributed by atoms with Crippen LogP contribution in [-0.4, -0.2) is 21.3 Å². The highest BCUT2D eigenvalue weighted by molar-refractivity contribution is 5.83. The van der Waals surface area contributed by atoms with Crippen molar-refractivity contribution in [1.82, 2.24) is 20.1 Å². The van der Waals surface area contributed by atoms with Gasteiger partial charge in [-0.15, -0.1) is 0 Å². The van der Waals surface area contributed by atoms with Crippen LogP contribution in [0.3, 0.4) is 0 Å². The summed E-state index contributed by atoms with van der Waals surface area (Å²) in [5.41, 5.74) is 1.28. The summed E-state index contributed by atoms with van der Waals surface area (Å²) in [7, 11) is 0. The third-order valence-corrected chi connectivity index (χ3v) is 3.46. The number of nitrogens with one attached hydrogen (secondary N) is 1. The molecule has 4 nitrogen and oxygen atoms in total. The van der Waals surface area contributed by atoms with Crippen molar-refractivity contribution in [3.8, 4) is 0 Å². The zero-order valence-corrected chi connectivity index (χ0v) is 11.5. The molecule has 0 saturated heterocycles. The van der Waals surface area contributed by atoms with E-state index in [4.69, 9.17) is 0 Å². The van der Waals surface area contributed by atoms with Crippen LogP contribution in [0.1, 0.15) is 18.5 Å². The first kappa shape index (κ1) is 12.8. The Morgan fingerprint density at radius 2 is 2.00 bits per heavy atom. The van der Waals surface area contributed by atoms with Crippen molar-refractivity contribution < 1.29 is 0 Å². The Balaban J connectivity index is 1.91. The molecule has 0 amide bonds. The molecule has 0 aliphatic rings. The fourth-order valence-corrected chi connectivity index (χ4v) is 2.47. The number of hydrogen-bond acceptors (Lipinski definition) is 3. The van der Waals surface area contributed by atoms with Crippen LogP contribution >= 0.6 is 0 Å². The highest BCUT2D eigenvalue weighted by atomic mass is 15.3. The molecule has 1 N–H and O–H groups in total. The standard InChI is InChI=1S/C16H18N4/c1-2-18-16(10-20-12-17-11-19-20)15-8-7-13-5-3-4-6-14(13)9-15/h3-9,11-12,16,18H,2,10H2,1H3. The molecule has 1 heterocycles. The van der Waals surface area contributed by atoms with Crippen molar-refractivity contribution in [2.24, 2.45) is 0 Å². The number of rotatable bonds is 5. The lowest BCUT2D eigenvalue weighted by molar-refractivity contribution is 0.447. The molecule has 4 heteroatoms. The largest absolute Gasteiger partial charge is 0.309 e. The molecule has 1 atom stereocenters. The Morgan fingerprint density at radius 3 is 2.75 bits per heavy atom. The molecular weight excluding hydrogens is 248 g/mol. The molecule has 102 valence electrons. The number of benzene rings is 2. The molecule has 1 unspecified atom stereocenters. The van der Waals surface area contributed by atoms with E-state index in [0.29, 0.717) is 0 Å². The van der Waals surface area contributed by atoms with Crippen molar-refractivity contribution in [2.75, 3.05) is 6.54 Å². The van der Waals surface area contributed by atoms with Gasteiger partial charge in [0.15, 0.2) is 0 Å². The van der Waals surface area contributed by atoms with Crippen molar-refractivity contribution in [1.29, 1.82) is 0 Å². The van der Waals surface area contributed by atoms with E-state index in [2.05, 4.69) is 64.8 Å². The summed E-state index contributed by atoms with van der Waals surface area (Å²) in [6.45, 7) is 3.83. The summed E-state index contributed by atoms with van der Waals surface area (Å²) in [5.74, 6) is 0. The second-order valence-corrected chi connectivity index (χ2v) is 4.83. The highest BCUT2D eigenvalue weighted by Crippen LogP contribution is 2.21. The fraction of sp³-hybridized carbons (Fsp3) is 0.250. The number of fused-ring (bicyclic) bond motifs is 1. The van der Waals surface area contributed by atoms with E-state index in [9.17, 15) is 0 Å². The van der Waals surface area contributed by atoms with Crippen LogP contribution in [0.5, 0.6) is 0 Å². The van der Waals surface area contributed by atoms with E-state index in [1.54, 1.807) is 12.7 Å². The van der Waals surface area contributed by atoms with Gasteiger partial charge in [0.2, 0.25) is 0 Å². The third-order valence-electron chi connectivity index (χ3n) is 3.46. The summed E-state index contributed by atoms with van der Waals surface area (Å²) in [4.78, 5) is 4.00. The molecule has 0 spiro atoms. The van der Waals surface area contributed by atoms with Crippen LogP contribution < -0.4 is 5.32 Å². The van der Waals surface area contributed by atoms with Gasteiger partial charge in [0.1, 0.15) is 12.7 Å². The molecule has 0 saturated carbocycles. The first-order chi connectivity index (χ1) is 9.86. The summed E-state index contributed by atoms with van der Waals surface area (Å²) in [6, 6.07) is 15.3. The third kappa shape index (κ3) is 2.70. The van der Waals surface area contributed by atoms with Crippen LogP contribution in [0.2, 0.25) is 0 Å². The summed E-state index contributed by atoms with van der Waals surface area (Å²) < 4.78 is 1.86. The molecule has 0 radical (unpaired) electrons. The summed E-state index contributed by atoms with van der Waals surface area (Å²) in [5, 5.41) is 10.2. The lowest BCUT2D eigenvalue weighted by atomic mass is 10.0. The van der Waals surface area contributed by atoms with Crippen molar-refractivity contribution in [3.05, 3.63) is 60.7 Å². The van der Waals surface area contributed by atoms with Crippen LogP contribution in [0.15, 0.2) is 55.1 Å². The average Bonchev–Trinajstić information content (AvgIpc) is 2.99. The maximum atomic E-state index is 4.19. The van der Waals surface area contributed by atoms with E-state index in [0.717, 1.165) is 13.1 Å². The summed E-state index contributed by atoms with van der Waals surface area (Å²) in [6.07, 6.45) is 3.33. The van der Waals surface area contributed by atoms with Gasteiger partial charge >= 0.3 is 0 Å². The maximum absolute atomic E-state index is 4.19. The van der Waals surface area contributed by atoms with Crippen LogP contribution in [-0.2, 0) is 6.54 Å². The normalized spacial score (nSPS) is 12.7. The number of nitrogens with zero attached hydrogens (tertiary/aromatic N) is 3. The predicted molar refractivity (Wildman–Crippen MR) is 80.4 cm³/mol. The first-order valence-electron chi connectivity index (χ1n) is 6.91. The fourth-order valence-electron chi connectivity index (χ4n) is 2.47. The van der Waals surface area contributed by atoms with E-state index >= 15 is 0 Å². The van der Waals surface area contributed by atoms with Gasteiger partial charge < -0.3 is 5.32 Å². The second-order valence-electron chi connectivity index (χ2n) is 4.83. The molecule has 20 heavy (non-hydrogen) atoms. The smallest absolute Gasteiger partial charge is 0.137 e. The van der Waals surface area contributed by atoms with Gasteiger partial charge in [0, 0.05) is 0 Å². The van der Waals surface area contributed by atoms with E-state index in [1.165, 1.54) is 16.3 Å². The van der Waals surface area contributed by atoms with Gasteiger partial charge in [0.05, 0.1) is 12.6 Å². The van der Waals surface area contributed by atoms with Gasteiger partial charge in [-0.2, -0.15) is 5.10 Å². The topological polar surface area (TPSA) is 42.7 Å². The Hall–Kier alpha value is -2.20. The first-order valence-corrected chi connectivity index (χ1v) is 6.91. The quantitative estimate of drug-likeness (QED) is 0.772. The van der Waals surface area contributed by atoms with Gasteiger partial charge in [-0.3, -0.25) is 4.68 Å². The number of aromatic nitrogens is 3. The van der Waals surface area contributed by atoms with Gasteiger partial charge in [0.25, 0.3) is 0 Å². The van der Waals surface area contributed by atoms with E-state index in [-0.39, 0.29) is 6.04 Å².